The number of fused-ring (bicyclic) bond motifs is 1. The van der Waals surface area contributed by atoms with Crippen molar-refractivity contribution < 1.29 is 4.84 Å². The summed E-state index contributed by atoms with van der Waals surface area (Å²) >= 11 is 0. The van der Waals surface area contributed by atoms with E-state index >= 15 is 0 Å². The molecule has 0 aliphatic rings. The van der Waals surface area contributed by atoms with E-state index in [0.29, 0.717) is 5.65 Å². The first-order chi connectivity index (χ1) is 6.40. The number of hydrogen-bond acceptors (Lipinski definition) is 5. The standard InChI is InChI=1S/C8H8N4O/c9-13-5-6-1-2-7-8(12-6)11-4-3-10-7/h1-4H,5,9H2. The molecule has 5 heteroatoms. The largest absolute Gasteiger partial charge is 0.298 e. The Morgan fingerprint density at radius 1 is 1.23 bits per heavy atom. The number of rotatable bonds is 2. The second-order valence-electron chi connectivity index (χ2n) is 2.51. The molecule has 2 aromatic heterocycles. The first-order valence-electron chi connectivity index (χ1n) is 3.78. The van der Waals surface area contributed by atoms with Crippen LogP contribution in [0.4, 0.5) is 0 Å². The van der Waals surface area contributed by atoms with Gasteiger partial charge in [-0.05, 0) is 12.1 Å². The minimum Gasteiger partial charge on any atom is -0.298 e. The van der Waals surface area contributed by atoms with Gasteiger partial charge in [0.25, 0.3) is 0 Å². The van der Waals surface area contributed by atoms with Crippen molar-refractivity contribution in [2.45, 2.75) is 6.61 Å². The highest BCUT2D eigenvalue weighted by molar-refractivity contribution is 5.68. The summed E-state index contributed by atoms with van der Waals surface area (Å²) in [5, 5.41) is 0. The fraction of sp³-hybridized carbons (Fsp3) is 0.125. The van der Waals surface area contributed by atoms with Gasteiger partial charge >= 0.3 is 0 Å². The van der Waals surface area contributed by atoms with Gasteiger partial charge in [-0.25, -0.2) is 15.9 Å². The van der Waals surface area contributed by atoms with E-state index in [0.717, 1.165) is 11.2 Å². The van der Waals surface area contributed by atoms with Gasteiger partial charge in [0.2, 0.25) is 0 Å². The van der Waals surface area contributed by atoms with Gasteiger partial charge in [-0.15, -0.1) is 0 Å². The van der Waals surface area contributed by atoms with Crippen molar-refractivity contribution in [3.8, 4) is 0 Å². The van der Waals surface area contributed by atoms with Crippen molar-refractivity contribution in [3.05, 3.63) is 30.2 Å². The van der Waals surface area contributed by atoms with Crippen LogP contribution in [0.1, 0.15) is 5.69 Å². The molecule has 2 aromatic rings. The Morgan fingerprint density at radius 3 is 2.92 bits per heavy atom. The van der Waals surface area contributed by atoms with Crippen molar-refractivity contribution in [2.24, 2.45) is 5.90 Å². The monoisotopic (exact) mass is 176 g/mol. The van der Waals surface area contributed by atoms with Crippen LogP contribution in [0.3, 0.4) is 0 Å². The third-order valence-corrected chi connectivity index (χ3v) is 1.62. The molecule has 66 valence electrons. The first-order valence-corrected chi connectivity index (χ1v) is 3.78. The molecule has 0 saturated heterocycles. The molecular weight excluding hydrogens is 168 g/mol. The molecule has 0 aliphatic heterocycles. The van der Waals surface area contributed by atoms with E-state index in [-0.39, 0.29) is 6.61 Å². The molecule has 0 fully saturated rings. The number of aromatic nitrogens is 3. The highest BCUT2D eigenvalue weighted by atomic mass is 16.6. The molecule has 5 nitrogen and oxygen atoms in total. The lowest BCUT2D eigenvalue weighted by Gasteiger charge is -1.98. The zero-order valence-electron chi connectivity index (χ0n) is 6.84. The molecule has 0 unspecified atom stereocenters. The molecule has 0 aliphatic carbocycles. The summed E-state index contributed by atoms with van der Waals surface area (Å²) in [4.78, 5) is 16.8. The molecule has 0 saturated carbocycles. The highest BCUT2D eigenvalue weighted by Gasteiger charge is 1.98. The lowest BCUT2D eigenvalue weighted by molar-refractivity contribution is 0.121. The summed E-state index contributed by atoms with van der Waals surface area (Å²) < 4.78 is 0. The quantitative estimate of drug-likeness (QED) is 0.671. The lowest BCUT2D eigenvalue weighted by atomic mass is 10.3. The molecule has 13 heavy (non-hydrogen) atoms. The number of pyridine rings is 1. The van der Waals surface area contributed by atoms with E-state index in [1.807, 2.05) is 12.1 Å². The van der Waals surface area contributed by atoms with Crippen LogP contribution in [0.5, 0.6) is 0 Å². The highest BCUT2D eigenvalue weighted by Crippen LogP contribution is 2.06. The van der Waals surface area contributed by atoms with Crippen LogP contribution >= 0.6 is 0 Å². The predicted molar refractivity (Wildman–Crippen MR) is 46.3 cm³/mol. The Hall–Kier alpha value is -1.59. The predicted octanol–water partition coefficient (Wildman–Crippen LogP) is 0.415. The van der Waals surface area contributed by atoms with Gasteiger partial charge in [-0.3, -0.25) is 9.82 Å². The van der Waals surface area contributed by atoms with E-state index in [2.05, 4.69) is 19.8 Å². The van der Waals surface area contributed by atoms with Gasteiger partial charge in [0.05, 0.1) is 5.69 Å². The van der Waals surface area contributed by atoms with Crippen molar-refractivity contribution in [1.82, 2.24) is 15.0 Å². The van der Waals surface area contributed by atoms with Gasteiger partial charge < -0.3 is 0 Å². The number of nitrogens with two attached hydrogens (primary N) is 1. The SMILES string of the molecule is NOCc1ccc2nccnc2n1. The van der Waals surface area contributed by atoms with Crippen LogP contribution in [0.2, 0.25) is 0 Å². The first kappa shape index (κ1) is 8.03. The fourth-order valence-corrected chi connectivity index (χ4v) is 1.06. The molecule has 0 spiro atoms. The molecule has 2 rings (SSSR count). The van der Waals surface area contributed by atoms with Crippen LogP contribution < -0.4 is 5.90 Å². The zero-order chi connectivity index (χ0) is 9.10. The minimum atomic E-state index is 0.284. The Balaban J connectivity index is 2.49. The molecule has 0 atom stereocenters. The molecular formula is C8H8N4O. The summed E-state index contributed by atoms with van der Waals surface area (Å²) in [6.07, 6.45) is 3.23. The summed E-state index contributed by atoms with van der Waals surface area (Å²) in [5.74, 6) is 4.93. The Morgan fingerprint density at radius 2 is 2.08 bits per heavy atom. The third kappa shape index (κ3) is 1.61. The minimum absolute atomic E-state index is 0.284. The van der Waals surface area contributed by atoms with Crippen LogP contribution in [-0.2, 0) is 11.4 Å². The van der Waals surface area contributed by atoms with Gasteiger partial charge in [0.15, 0.2) is 5.65 Å². The summed E-state index contributed by atoms with van der Waals surface area (Å²) in [5.41, 5.74) is 2.12. The molecule has 0 bridgehead atoms. The topological polar surface area (TPSA) is 73.9 Å². The zero-order valence-corrected chi connectivity index (χ0v) is 6.84. The smallest absolute Gasteiger partial charge is 0.178 e. The molecule has 0 radical (unpaired) electrons. The average molecular weight is 176 g/mol. The van der Waals surface area contributed by atoms with E-state index in [1.165, 1.54) is 0 Å². The average Bonchev–Trinajstić information content (AvgIpc) is 2.18. The van der Waals surface area contributed by atoms with E-state index in [9.17, 15) is 0 Å². The van der Waals surface area contributed by atoms with Crippen molar-refractivity contribution >= 4 is 11.2 Å². The van der Waals surface area contributed by atoms with E-state index < -0.39 is 0 Å². The van der Waals surface area contributed by atoms with Crippen molar-refractivity contribution in [1.29, 1.82) is 0 Å². The maximum Gasteiger partial charge on any atom is 0.178 e. The summed E-state index contributed by atoms with van der Waals surface area (Å²) in [6, 6.07) is 3.65. The molecule has 0 amide bonds. The molecule has 2 N–H and O–H groups in total. The summed E-state index contributed by atoms with van der Waals surface area (Å²) in [6.45, 7) is 0.284. The molecule has 2 heterocycles. The lowest BCUT2D eigenvalue weighted by Crippen LogP contribution is -2.01. The maximum atomic E-state index is 4.93. The van der Waals surface area contributed by atoms with Crippen molar-refractivity contribution in [3.63, 3.8) is 0 Å². The normalized spacial score (nSPS) is 10.5. The summed E-state index contributed by atoms with van der Waals surface area (Å²) in [7, 11) is 0. The second-order valence-corrected chi connectivity index (χ2v) is 2.51. The fourth-order valence-electron chi connectivity index (χ4n) is 1.06. The van der Waals surface area contributed by atoms with Crippen LogP contribution in [0.25, 0.3) is 11.2 Å². The second kappa shape index (κ2) is 3.42. The number of hydrogen-bond donors (Lipinski definition) is 1. The third-order valence-electron chi connectivity index (χ3n) is 1.62. The van der Waals surface area contributed by atoms with Gasteiger partial charge in [-0.1, -0.05) is 0 Å². The van der Waals surface area contributed by atoms with Gasteiger partial charge in [-0.2, -0.15) is 0 Å². The van der Waals surface area contributed by atoms with E-state index in [1.54, 1.807) is 12.4 Å². The van der Waals surface area contributed by atoms with Crippen LogP contribution in [0, 0.1) is 0 Å². The van der Waals surface area contributed by atoms with Gasteiger partial charge in [0, 0.05) is 12.4 Å². The Kier molecular flexibility index (Phi) is 2.11. The van der Waals surface area contributed by atoms with E-state index in [4.69, 9.17) is 5.90 Å². The maximum absolute atomic E-state index is 4.93. The number of nitrogens with zero attached hydrogens (tertiary/aromatic N) is 3. The Labute approximate surface area is 74.5 Å². The van der Waals surface area contributed by atoms with Gasteiger partial charge in [0.1, 0.15) is 12.1 Å². The van der Waals surface area contributed by atoms with Crippen LogP contribution in [0.15, 0.2) is 24.5 Å². The van der Waals surface area contributed by atoms with Crippen molar-refractivity contribution in [2.75, 3.05) is 0 Å². The Bertz CT molecular complexity index is 418. The van der Waals surface area contributed by atoms with Crippen LogP contribution in [-0.4, -0.2) is 15.0 Å². The molecule has 0 aromatic carbocycles.